The van der Waals surface area contributed by atoms with Crippen molar-refractivity contribution in [2.45, 2.75) is 31.5 Å². The van der Waals surface area contributed by atoms with Crippen molar-refractivity contribution in [3.63, 3.8) is 0 Å². The second kappa shape index (κ2) is 10.7. The molecule has 0 saturated heterocycles. The summed E-state index contributed by atoms with van der Waals surface area (Å²) in [5.41, 5.74) is 2.08. The van der Waals surface area contributed by atoms with E-state index in [1.54, 1.807) is 7.11 Å². The lowest BCUT2D eigenvalue weighted by atomic mass is 9.78. The molecule has 28 heavy (non-hydrogen) atoms. The second-order valence-corrected chi connectivity index (χ2v) is 7.52. The molecule has 0 heterocycles. The van der Waals surface area contributed by atoms with Crippen LogP contribution in [0.3, 0.4) is 0 Å². The summed E-state index contributed by atoms with van der Waals surface area (Å²) in [6, 6.07) is 15.7. The third kappa shape index (κ3) is 6.38. The fourth-order valence-electron chi connectivity index (χ4n) is 2.77. The molecule has 0 unspecified atom stereocenters. The number of aliphatic hydroxyl groups excluding tert-OH is 2. The number of rotatable bonds is 11. The molecule has 0 aliphatic heterocycles. The molecule has 2 atom stereocenters. The molecule has 2 rings (SSSR count). The maximum absolute atomic E-state index is 9.67. The van der Waals surface area contributed by atoms with Crippen LogP contribution >= 0.6 is 11.6 Å². The maximum Gasteiger partial charge on any atom is 0.119 e. The van der Waals surface area contributed by atoms with Gasteiger partial charge >= 0.3 is 0 Å². The molecule has 0 fully saturated rings. The van der Waals surface area contributed by atoms with Crippen molar-refractivity contribution >= 4 is 11.6 Å². The molecular formula is C22H29ClO5. The van der Waals surface area contributed by atoms with Crippen LogP contribution in [0.15, 0.2) is 48.5 Å². The molecule has 0 saturated carbocycles. The Morgan fingerprint density at radius 1 is 0.786 bits per heavy atom. The summed E-state index contributed by atoms with van der Waals surface area (Å²) in [7, 11) is 1.54. The molecule has 5 nitrogen and oxygen atoms in total. The Hall–Kier alpha value is -1.79. The molecule has 2 N–H and O–H groups in total. The number of benzene rings is 2. The third-order valence-corrected chi connectivity index (χ3v) is 4.93. The molecule has 154 valence electrons. The standard InChI is InChI=1S/C22H29ClO5/c1-22(2,16-4-8-20(9-5-16)27-14-18(24)12-23)17-6-10-21(11-7-17)28-15-19(25)13-26-3/h4-11,18-19,24-25H,12-15H2,1-3H3/t18-,19-/m1/s1. The normalized spacial score (nSPS) is 13.8. The van der Waals surface area contributed by atoms with Crippen LogP contribution in [0.2, 0.25) is 0 Å². The van der Waals surface area contributed by atoms with E-state index in [0.29, 0.717) is 11.5 Å². The van der Waals surface area contributed by atoms with Crippen LogP contribution in [0, 0.1) is 0 Å². The van der Waals surface area contributed by atoms with Crippen LogP contribution in [-0.4, -0.2) is 55.2 Å². The number of hydrogen-bond acceptors (Lipinski definition) is 5. The highest BCUT2D eigenvalue weighted by atomic mass is 35.5. The average Bonchev–Trinajstić information content (AvgIpc) is 2.71. The molecule has 0 aliphatic carbocycles. The lowest BCUT2D eigenvalue weighted by Gasteiger charge is -2.26. The highest BCUT2D eigenvalue weighted by Gasteiger charge is 2.23. The van der Waals surface area contributed by atoms with Gasteiger partial charge in [0.15, 0.2) is 0 Å². The van der Waals surface area contributed by atoms with E-state index in [4.69, 9.17) is 25.8 Å². The van der Waals surface area contributed by atoms with E-state index in [2.05, 4.69) is 13.8 Å². The van der Waals surface area contributed by atoms with Gasteiger partial charge in [0, 0.05) is 12.5 Å². The van der Waals surface area contributed by atoms with Gasteiger partial charge in [0.2, 0.25) is 0 Å². The number of halogens is 1. The van der Waals surface area contributed by atoms with Gasteiger partial charge < -0.3 is 24.4 Å². The predicted octanol–water partition coefficient (Wildman–Crippen LogP) is 3.38. The first-order valence-electron chi connectivity index (χ1n) is 9.24. The van der Waals surface area contributed by atoms with Gasteiger partial charge in [-0.15, -0.1) is 11.6 Å². The van der Waals surface area contributed by atoms with E-state index in [0.717, 1.165) is 11.1 Å². The van der Waals surface area contributed by atoms with Crippen molar-refractivity contribution in [2.75, 3.05) is 32.8 Å². The minimum absolute atomic E-state index is 0.149. The predicted molar refractivity (Wildman–Crippen MR) is 111 cm³/mol. The van der Waals surface area contributed by atoms with Gasteiger partial charge in [0.1, 0.15) is 36.9 Å². The molecule has 6 heteroatoms. The van der Waals surface area contributed by atoms with Crippen LogP contribution in [0.1, 0.15) is 25.0 Å². The summed E-state index contributed by atoms with van der Waals surface area (Å²) in [6.07, 6.45) is -1.32. The van der Waals surface area contributed by atoms with Gasteiger partial charge in [0.25, 0.3) is 0 Å². The Morgan fingerprint density at radius 2 is 1.21 bits per heavy atom. The first-order valence-corrected chi connectivity index (χ1v) is 9.78. The van der Waals surface area contributed by atoms with Crippen molar-refractivity contribution in [1.29, 1.82) is 0 Å². The van der Waals surface area contributed by atoms with E-state index < -0.39 is 12.2 Å². The Bertz CT molecular complexity index is 700. The van der Waals surface area contributed by atoms with Gasteiger partial charge in [-0.2, -0.15) is 0 Å². The molecular weight excluding hydrogens is 380 g/mol. The smallest absolute Gasteiger partial charge is 0.119 e. The molecule has 2 aromatic carbocycles. The molecule has 0 radical (unpaired) electrons. The van der Waals surface area contributed by atoms with E-state index in [1.807, 2.05) is 48.5 Å². The first kappa shape index (κ1) is 22.5. The summed E-state index contributed by atoms with van der Waals surface area (Å²) >= 11 is 5.57. The molecule has 2 aromatic rings. The minimum Gasteiger partial charge on any atom is -0.491 e. The monoisotopic (exact) mass is 408 g/mol. The van der Waals surface area contributed by atoms with Crippen LogP contribution < -0.4 is 9.47 Å². The quantitative estimate of drug-likeness (QED) is 0.558. The summed E-state index contributed by atoms with van der Waals surface area (Å²) < 4.78 is 16.0. The van der Waals surface area contributed by atoms with Crippen molar-refractivity contribution < 1.29 is 24.4 Å². The average molecular weight is 409 g/mol. The van der Waals surface area contributed by atoms with Crippen LogP contribution in [-0.2, 0) is 10.2 Å². The van der Waals surface area contributed by atoms with Crippen LogP contribution in [0.4, 0.5) is 0 Å². The number of ether oxygens (including phenoxy) is 3. The minimum atomic E-state index is -0.672. The van der Waals surface area contributed by atoms with E-state index >= 15 is 0 Å². The van der Waals surface area contributed by atoms with E-state index in [-0.39, 0.29) is 31.1 Å². The fourth-order valence-corrected chi connectivity index (χ4v) is 2.86. The topological polar surface area (TPSA) is 68.2 Å². The van der Waals surface area contributed by atoms with Gasteiger partial charge in [-0.25, -0.2) is 0 Å². The highest BCUT2D eigenvalue weighted by Crippen LogP contribution is 2.33. The van der Waals surface area contributed by atoms with Gasteiger partial charge in [-0.3, -0.25) is 0 Å². The molecule has 0 amide bonds. The van der Waals surface area contributed by atoms with Crippen LogP contribution in [0.25, 0.3) is 0 Å². The Labute approximate surface area is 171 Å². The zero-order chi connectivity index (χ0) is 20.6. The Balaban J connectivity index is 2.01. The summed E-state index contributed by atoms with van der Waals surface area (Å²) in [5.74, 6) is 1.55. The third-order valence-electron chi connectivity index (χ3n) is 4.57. The Morgan fingerprint density at radius 3 is 1.61 bits per heavy atom. The second-order valence-electron chi connectivity index (χ2n) is 7.21. The van der Waals surface area contributed by atoms with Gasteiger partial charge in [0.05, 0.1) is 12.5 Å². The van der Waals surface area contributed by atoms with Gasteiger partial charge in [-0.1, -0.05) is 38.1 Å². The van der Waals surface area contributed by atoms with Crippen molar-refractivity contribution in [1.82, 2.24) is 0 Å². The van der Waals surface area contributed by atoms with Crippen molar-refractivity contribution in [3.8, 4) is 11.5 Å². The summed E-state index contributed by atoms with van der Waals surface area (Å²) in [4.78, 5) is 0. The number of methoxy groups -OCH3 is 1. The van der Waals surface area contributed by atoms with E-state index in [1.165, 1.54) is 0 Å². The molecule has 0 aliphatic rings. The van der Waals surface area contributed by atoms with Crippen molar-refractivity contribution in [2.24, 2.45) is 0 Å². The van der Waals surface area contributed by atoms with Gasteiger partial charge in [-0.05, 0) is 35.4 Å². The molecule has 0 spiro atoms. The summed E-state index contributed by atoms with van der Waals surface area (Å²) in [5, 5.41) is 19.1. The summed E-state index contributed by atoms with van der Waals surface area (Å²) in [6.45, 7) is 4.91. The number of alkyl halides is 1. The SMILES string of the molecule is COC[C@@H](O)COc1ccc(C(C)(C)c2ccc(OC[C@H](O)CCl)cc2)cc1. The largest absolute Gasteiger partial charge is 0.491 e. The number of hydrogen-bond donors (Lipinski definition) is 2. The zero-order valence-corrected chi connectivity index (χ0v) is 17.4. The molecule has 0 aromatic heterocycles. The number of aliphatic hydroxyl groups is 2. The maximum atomic E-state index is 9.67. The molecule has 0 bridgehead atoms. The Kier molecular flexibility index (Phi) is 8.58. The lowest BCUT2D eigenvalue weighted by Crippen LogP contribution is -2.22. The van der Waals surface area contributed by atoms with Crippen molar-refractivity contribution in [3.05, 3.63) is 59.7 Å². The lowest BCUT2D eigenvalue weighted by molar-refractivity contribution is 0.0325. The zero-order valence-electron chi connectivity index (χ0n) is 16.6. The van der Waals surface area contributed by atoms with E-state index in [9.17, 15) is 10.2 Å². The highest BCUT2D eigenvalue weighted by molar-refractivity contribution is 6.18. The first-order chi connectivity index (χ1) is 13.4. The van der Waals surface area contributed by atoms with Crippen LogP contribution in [0.5, 0.6) is 11.5 Å². The fraction of sp³-hybridized carbons (Fsp3) is 0.455.